The SMILES string of the molecule is CCOC(=O)c1sc(NC(=O)CC(C)(C)C)nc1C. The van der Waals surface area contributed by atoms with Crippen molar-refractivity contribution in [1.29, 1.82) is 0 Å². The molecule has 6 heteroatoms. The van der Waals surface area contributed by atoms with Gasteiger partial charge in [0.05, 0.1) is 12.3 Å². The van der Waals surface area contributed by atoms with Gasteiger partial charge in [-0.05, 0) is 19.3 Å². The lowest BCUT2D eigenvalue weighted by Crippen LogP contribution is -2.19. The van der Waals surface area contributed by atoms with Gasteiger partial charge in [-0.2, -0.15) is 0 Å². The van der Waals surface area contributed by atoms with Crippen molar-refractivity contribution in [3.63, 3.8) is 0 Å². The fourth-order valence-electron chi connectivity index (χ4n) is 1.48. The van der Waals surface area contributed by atoms with Crippen molar-refractivity contribution in [2.45, 2.75) is 41.0 Å². The number of thiazole rings is 1. The highest BCUT2D eigenvalue weighted by Gasteiger charge is 2.20. The summed E-state index contributed by atoms with van der Waals surface area (Å²) in [6.45, 7) is 9.77. The number of rotatable bonds is 4. The first-order valence-corrected chi connectivity index (χ1v) is 6.99. The number of carbonyl (C=O) groups is 2. The van der Waals surface area contributed by atoms with Crippen LogP contribution in [0.5, 0.6) is 0 Å². The predicted octanol–water partition coefficient (Wildman–Crippen LogP) is 3.00. The molecule has 1 rings (SSSR count). The summed E-state index contributed by atoms with van der Waals surface area (Å²) in [4.78, 5) is 28.0. The third-order valence-corrected chi connectivity index (χ3v) is 3.25. The van der Waals surface area contributed by atoms with Crippen LogP contribution in [0.25, 0.3) is 0 Å². The molecule has 0 unspecified atom stereocenters. The lowest BCUT2D eigenvalue weighted by molar-refractivity contribution is -0.117. The average molecular weight is 284 g/mol. The summed E-state index contributed by atoms with van der Waals surface area (Å²) < 4.78 is 4.93. The van der Waals surface area contributed by atoms with E-state index in [1.165, 1.54) is 0 Å². The summed E-state index contributed by atoms with van der Waals surface area (Å²) in [6, 6.07) is 0. The fourth-order valence-corrected chi connectivity index (χ4v) is 2.36. The number of aryl methyl sites for hydroxylation is 1. The van der Waals surface area contributed by atoms with Crippen molar-refractivity contribution in [2.75, 3.05) is 11.9 Å². The molecule has 0 saturated heterocycles. The molecule has 1 aromatic heterocycles. The molecule has 0 saturated carbocycles. The van der Waals surface area contributed by atoms with E-state index >= 15 is 0 Å². The first-order chi connectivity index (χ1) is 8.73. The normalized spacial score (nSPS) is 11.2. The van der Waals surface area contributed by atoms with E-state index in [2.05, 4.69) is 10.3 Å². The highest BCUT2D eigenvalue weighted by molar-refractivity contribution is 7.17. The molecule has 0 aliphatic heterocycles. The summed E-state index contributed by atoms with van der Waals surface area (Å²) >= 11 is 1.14. The number of ether oxygens (including phenoxy) is 1. The number of nitrogens with zero attached hydrogens (tertiary/aromatic N) is 1. The number of carbonyl (C=O) groups excluding carboxylic acids is 2. The van der Waals surface area contributed by atoms with E-state index < -0.39 is 5.97 Å². The summed E-state index contributed by atoms with van der Waals surface area (Å²) in [6.07, 6.45) is 0.403. The molecule has 0 fully saturated rings. The summed E-state index contributed by atoms with van der Waals surface area (Å²) in [5, 5.41) is 3.16. The lowest BCUT2D eigenvalue weighted by Gasteiger charge is -2.16. The third-order valence-electron chi connectivity index (χ3n) is 2.19. The molecular formula is C13H20N2O3S. The van der Waals surface area contributed by atoms with E-state index in [0.717, 1.165) is 11.3 Å². The Morgan fingerprint density at radius 2 is 2.00 bits per heavy atom. The maximum Gasteiger partial charge on any atom is 0.350 e. The number of nitrogens with one attached hydrogen (secondary N) is 1. The van der Waals surface area contributed by atoms with Crippen LogP contribution >= 0.6 is 11.3 Å². The molecule has 0 aliphatic carbocycles. The molecular weight excluding hydrogens is 264 g/mol. The molecule has 0 spiro atoms. The van der Waals surface area contributed by atoms with Gasteiger partial charge in [-0.1, -0.05) is 32.1 Å². The van der Waals surface area contributed by atoms with E-state index in [9.17, 15) is 9.59 Å². The van der Waals surface area contributed by atoms with Crippen LogP contribution in [-0.2, 0) is 9.53 Å². The topological polar surface area (TPSA) is 68.3 Å². The Labute approximate surface area is 117 Å². The van der Waals surface area contributed by atoms with E-state index in [1.54, 1.807) is 13.8 Å². The van der Waals surface area contributed by atoms with Gasteiger partial charge in [0.2, 0.25) is 5.91 Å². The Hall–Kier alpha value is -1.43. The molecule has 0 bridgehead atoms. The number of hydrogen-bond donors (Lipinski definition) is 1. The quantitative estimate of drug-likeness (QED) is 0.863. The molecule has 0 aromatic carbocycles. The summed E-state index contributed by atoms with van der Waals surface area (Å²) in [5.41, 5.74) is 0.495. The van der Waals surface area contributed by atoms with Crippen LogP contribution in [0.2, 0.25) is 0 Å². The van der Waals surface area contributed by atoms with Crippen molar-refractivity contribution in [3.8, 4) is 0 Å². The smallest absolute Gasteiger partial charge is 0.350 e. The Bertz CT molecular complexity index is 475. The summed E-state index contributed by atoms with van der Waals surface area (Å²) in [5.74, 6) is -0.495. The van der Waals surface area contributed by atoms with Gasteiger partial charge in [-0.25, -0.2) is 9.78 Å². The second kappa shape index (κ2) is 6.14. The molecule has 1 heterocycles. The zero-order valence-corrected chi connectivity index (χ0v) is 12.8. The number of esters is 1. The van der Waals surface area contributed by atoms with Gasteiger partial charge in [-0.15, -0.1) is 0 Å². The van der Waals surface area contributed by atoms with E-state index in [-0.39, 0.29) is 11.3 Å². The minimum absolute atomic E-state index is 0.0830. The third kappa shape index (κ3) is 4.98. The van der Waals surface area contributed by atoms with Crippen molar-refractivity contribution in [3.05, 3.63) is 10.6 Å². The van der Waals surface area contributed by atoms with Crippen LogP contribution in [0.1, 0.15) is 49.5 Å². The Morgan fingerprint density at radius 3 is 2.53 bits per heavy atom. The first-order valence-electron chi connectivity index (χ1n) is 6.17. The minimum atomic E-state index is -0.395. The lowest BCUT2D eigenvalue weighted by atomic mass is 9.92. The van der Waals surface area contributed by atoms with Gasteiger partial charge in [-0.3, -0.25) is 4.79 Å². The summed E-state index contributed by atoms with van der Waals surface area (Å²) in [7, 11) is 0. The number of aromatic nitrogens is 1. The first kappa shape index (κ1) is 15.6. The molecule has 0 aliphatic rings. The van der Waals surface area contributed by atoms with E-state index in [0.29, 0.717) is 28.7 Å². The highest BCUT2D eigenvalue weighted by Crippen LogP contribution is 2.25. The molecule has 1 aromatic rings. The largest absolute Gasteiger partial charge is 0.462 e. The number of hydrogen-bond acceptors (Lipinski definition) is 5. The zero-order chi connectivity index (χ0) is 14.6. The molecule has 19 heavy (non-hydrogen) atoms. The molecule has 0 radical (unpaired) electrons. The van der Waals surface area contributed by atoms with Gasteiger partial charge in [0, 0.05) is 6.42 Å². The standard InChI is InChI=1S/C13H20N2O3S/c1-6-18-11(17)10-8(2)14-12(19-10)15-9(16)7-13(3,4)5/h6-7H2,1-5H3,(H,14,15,16). The maximum atomic E-state index is 11.8. The predicted molar refractivity (Wildman–Crippen MR) is 75.5 cm³/mol. The van der Waals surface area contributed by atoms with Crippen LogP contribution in [0.4, 0.5) is 5.13 Å². The van der Waals surface area contributed by atoms with Gasteiger partial charge >= 0.3 is 5.97 Å². The van der Waals surface area contributed by atoms with Crippen LogP contribution < -0.4 is 5.32 Å². The maximum absolute atomic E-state index is 11.8. The van der Waals surface area contributed by atoms with E-state index in [1.807, 2.05) is 20.8 Å². The number of amides is 1. The van der Waals surface area contributed by atoms with Crippen molar-refractivity contribution in [2.24, 2.45) is 5.41 Å². The van der Waals surface area contributed by atoms with Crippen molar-refractivity contribution in [1.82, 2.24) is 4.98 Å². The van der Waals surface area contributed by atoms with E-state index in [4.69, 9.17) is 4.74 Å². The second-order valence-electron chi connectivity index (χ2n) is 5.44. The Morgan fingerprint density at radius 1 is 1.37 bits per heavy atom. The monoisotopic (exact) mass is 284 g/mol. The molecule has 0 atom stereocenters. The van der Waals surface area contributed by atoms with Crippen LogP contribution in [0, 0.1) is 12.3 Å². The minimum Gasteiger partial charge on any atom is -0.462 e. The molecule has 1 N–H and O–H groups in total. The zero-order valence-electron chi connectivity index (χ0n) is 12.0. The molecule has 1 amide bonds. The molecule has 106 valence electrons. The van der Waals surface area contributed by atoms with Crippen LogP contribution in [0.15, 0.2) is 0 Å². The van der Waals surface area contributed by atoms with Crippen LogP contribution in [0.3, 0.4) is 0 Å². The second-order valence-corrected chi connectivity index (χ2v) is 6.44. The van der Waals surface area contributed by atoms with Gasteiger partial charge in [0.25, 0.3) is 0 Å². The Balaban J connectivity index is 2.74. The highest BCUT2D eigenvalue weighted by atomic mass is 32.1. The van der Waals surface area contributed by atoms with Gasteiger partial charge in [0.15, 0.2) is 5.13 Å². The number of anilines is 1. The average Bonchev–Trinajstić information content (AvgIpc) is 2.56. The van der Waals surface area contributed by atoms with Crippen LogP contribution in [-0.4, -0.2) is 23.5 Å². The van der Waals surface area contributed by atoms with Gasteiger partial charge in [0.1, 0.15) is 4.88 Å². The Kier molecular flexibility index (Phi) is 5.05. The molecule has 5 nitrogen and oxygen atoms in total. The fraction of sp³-hybridized carbons (Fsp3) is 0.615. The van der Waals surface area contributed by atoms with Crippen molar-refractivity contribution < 1.29 is 14.3 Å². The van der Waals surface area contributed by atoms with Crippen molar-refractivity contribution >= 4 is 28.3 Å². The van der Waals surface area contributed by atoms with Gasteiger partial charge < -0.3 is 10.1 Å².